The smallest absolute Gasteiger partial charge is 0.124 e. The number of pyridine rings is 1. The standard InChI is InChI=1S/C17H13BrFNO/c18-13-7-12(8-14(19)9-13)17(21)10-15-6-5-11-3-1-2-4-16(11)20-15/h1-9,17,21H,10H2. The van der Waals surface area contributed by atoms with Gasteiger partial charge in [-0.25, -0.2) is 4.39 Å². The molecule has 1 N–H and O–H groups in total. The van der Waals surface area contributed by atoms with E-state index in [1.54, 1.807) is 6.07 Å². The lowest BCUT2D eigenvalue weighted by atomic mass is 10.0. The van der Waals surface area contributed by atoms with Gasteiger partial charge in [-0.15, -0.1) is 0 Å². The molecule has 21 heavy (non-hydrogen) atoms. The van der Waals surface area contributed by atoms with Gasteiger partial charge < -0.3 is 5.11 Å². The average Bonchev–Trinajstić information content (AvgIpc) is 2.46. The number of benzene rings is 2. The Labute approximate surface area is 130 Å². The van der Waals surface area contributed by atoms with E-state index in [0.717, 1.165) is 16.6 Å². The van der Waals surface area contributed by atoms with Crippen molar-refractivity contribution in [2.24, 2.45) is 0 Å². The predicted molar refractivity (Wildman–Crippen MR) is 84.5 cm³/mol. The minimum atomic E-state index is -0.786. The molecule has 2 aromatic carbocycles. The molecule has 4 heteroatoms. The molecule has 1 heterocycles. The van der Waals surface area contributed by atoms with E-state index in [9.17, 15) is 9.50 Å². The number of aromatic nitrogens is 1. The minimum Gasteiger partial charge on any atom is -0.388 e. The van der Waals surface area contributed by atoms with Crippen molar-refractivity contribution in [1.82, 2.24) is 4.98 Å². The highest BCUT2D eigenvalue weighted by molar-refractivity contribution is 9.10. The van der Waals surface area contributed by atoms with E-state index in [0.29, 0.717) is 16.5 Å². The van der Waals surface area contributed by atoms with Crippen LogP contribution in [0, 0.1) is 5.82 Å². The fourth-order valence-corrected chi connectivity index (χ4v) is 2.79. The molecule has 2 nitrogen and oxygen atoms in total. The molecule has 1 atom stereocenters. The van der Waals surface area contributed by atoms with Gasteiger partial charge in [0.05, 0.1) is 11.6 Å². The van der Waals surface area contributed by atoms with Gasteiger partial charge in [-0.1, -0.05) is 40.2 Å². The Morgan fingerprint density at radius 2 is 1.90 bits per heavy atom. The summed E-state index contributed by atoms with van der Waals surface area (Å²) in [6.45, 7) is 0. The molecule has 0 aliphatic carbocycles. The summed E-state index contributed by atoms with van der Waals surface area (Å²) in [6.07, 6.45) is -0.438. The minimum absolute atomic E-state index is 0.348. The van der Waals surface area contributed by atoms with Crippen LogP contribution in [-0.2, 0) is 6.42 Å². The Bertz CT molecular complexity index is 770. The van der Waals surface area contributed by atoms with Crippen LogP contribution in [-0.4, -0.2) is 10.1 Å². The van der Waals surface area contributed by atoms with Crippen molar-refractivity contribution in [3.05, 3.63) is 76.1 Å². The Balaban J connectivity index is 1.86. The molecule has 1 aromatic heterocycles. The topological polar surface area (TPSA) is 33.1 Å². The maximum Gasteiger partial charge on any atom is 0.124 e. The van der Waals surface area contributed by atoms with Crippen LogP contribution in [0.15, 0.2) is 59.1 Å². The van der Waals surface area contributed by atoms with E-state index in [1.165, 1.54) is 12.1 Å². The molecule has 0 aliphatic rings. The molecule has 0 radical (unpaired) electrons. The van der Waals surface area contributed by atoms with Gasteiger partial charge in [0.1, 0.15) is 5.82 Å². The number of halogens is 2. The first-order valence-corrected chi connectivity index (χ1v) is 7.40. The summed E-state index contributed by atoms with van der Waals surface area (Å²) in [5.74, 6) is -0.370. The largest absolute Gasteiger partial charge is 0.388 e. The molecule has 0 bridgehead atoms. The van der Waals surface area contributed by atoms with E-state index in [-0.39, 0.29) is 5.82 Å². The molecule has 106 valence electrons. The SMILES string of the molecule is OC(Cc1ccc2ccccc2n1)c1cc(F)cc(Br)c1. The maximum atomic E-state index is 13.4. The summed E-state index contributed by atoms with van der Waals surface area (Å²) in [5.41, 5.74) is 2.21. The van der Waals surface area contributed by atoms with Crippen LogP contribution in [0.5, 0.6) is 0 Å². The number of aliphatic hydroxyl groups is 1. The molecule has 3 rings (SSSR count). The van der Waals surface area contributed by atoms with Gasteiger partial charge in [0.25, 0.3) is 0 Å². The molecule has 0 saturated carbocycles. The van der Waals surface area contributed by atoms with Gasteiger partial charge in [-0.2, -0.15) is 0 Å². The number of nitrogens with zero attached hydrogens (tertiary/aromatic N) is 1. The van der Waals surface area contributed by atoms with Gasteiger partial charge >= 0.3 is 0 Å². The quantitative estimate of drug-likeness (QED) is 0.762. The molecule has 0 amide bonds. The molecule has 3 aromatic rings. The second-order valence-corrected chi connectivity index (χ2v) is 5.83. The average molecular weight is 346 g/mol. The Hall–Kier alpha value is -1.78. The summed E-state index contributed by atoms with van der Waals surface area (Å²) < 4.78 is 14.0. The molecular formula is C17H13BrFNO. The highest BCUT2D eigenvalue weighted by atomic mass is 79.9. The molecule has 0 spiro atoms. The second kappa shape index (κ2) is 5.92. The van der Waals surface area contributed by atoms with E-state index in [2.05, 4.69) is 20.9 Å². The fourth-order valence-electron chi connectivity index (χ4n) is 2.31. The first kappa shape index (κ1) is 14.2. The van der Waals surface area contributed by atoms with Crippen molar-refractivity contribution in [2.45, 2.75) is 12.5 Å². The third kappa shape index (κ3) is 3.28. The summed E-state index contributed by atoms with van der Waals surface area (Å²) in [6, 6.07) is 16.1. The number of rotatable bonds is 3. The van der Waals surface area contributed by atoms with E-state index in [1.807, 2.05) is 36.4 Å². The van der Waals surface area contributed by atoms with Crippen molar-refractivity contribution >= 4 is 26.8 Å². The summed E-state index contributed by atoms with van der Waals surface area (Å²) in [7, 11) is 0. The lowest BCUT2D eigenvalue weighted by Gasteiger charge is -2.12. The number of hydrogen-bond acceptors (Lipinski definition) is 2. The van der Waals surface area contributed by atoms with Crippen LogP contribution in [0.4, 0.5) is 4.39 Å². The van der Waals surface area contributed by atoms with Crippen molar-refractivity contribution in [3.8, 4) is 0 Å². The molecular weight excluding hydrogens is 333 g/mol. The highest BCUT2D eigenvalue weighted by Gasteiger charge is 2.12. The van der Waals surface area contributed by atoms with Crippen LogP contribution in [0.2, 0.25) is 0 Å². The number of fused-ring (bicyclic) bond motifs is 1. The third-order valence-electron chi connectivity index (χ3n) is 3.33. The Kier molecular flexibility index (Phi) is 3.99. The maximum absolute atomic E-state index is 13.4. The second-order valence-electron chi connectivity index (χ2n) is 4.92. The first-order valence-electron chi connectivity index (χ1n) is 6.60. The van der Waals surface area contributed by atoms with Crippen LogP contribution in [0.1, 0.15) is 17.4 Å². The van der Waals surface area contributed by atoms with Crippen molar-refractivity contribution < 1.29 is 9.50 Å². The lowest BCUT2D eigenvalue weighted by molar-refractivity contribution is 0.177. The summed E-state index contributed by atoms with van der Waals surface area (Å²) in [5, 5.41) is 11.3. The molecule has 0 fully saturated rings. The zero-order valence-corrected chi connectivity index (χ0v) is 12.7. The van der Waals surface area contributed by atoms with Crippen LogP contribution in [0.25, 0.3) is 10.9 Å². The van der Waals surface area contributed by atoms with Crippen LogP contribution in [0.3, 0.4) is 0 Å². The van der Waals surface area contributed by atoms with Crippen LogP contribution < -0.4 is 0 Å². The number of aliphatic hydroxyl groups excluding tert-OH is 1. The van der Waals surface area contributed by atoms with E-state index >= 15 is 0 Å². The Morgan fingerprint density at radius 3 is 2.71 bits per heavy atom. The van der Waals surface area contributed by atoms with E-state index < -0.39 is 6.10 Å². The normalized spacial score (nSPS) is 12.5. The monoisotopic (exact) mass is 345 g/mol. The first-order chi connectivity index (χ1) is 10.1. The number of hydrogen-bond donors (Lipinski definition) is 1. The van der Waals surface area contributed by atoms with Gasteiger partial charge in [-0.05, 0) is 35.9 Å². The van der Waals surface area contributed by atoms with Gasteiger partial charge in [0.15, 0.2) is 0 Å². The van der Waals surface area contributed by atoms with Crippen molar-refractivity contribution in [3.63, 3.8) is 0 Å². The van der Waals surface area contributed by atoms with Gasteiger partial charge in [0, 0.05) is 22.0 Å². The lowest BCUT2D eigenvalue weighted by Crippen LogP contribution is -2.04. The zero-order chi connectivity index (χ0) is 14.8. The Morgan fingerprint density at radius 1 is 1.10 bits per heavy atom. The highest BCUT2D eigenvalue weighted by Crippen LogP contribution is 2.23. The predicted octanol–water partition coefficient (Wildman–Crippen LogP) is 4.41. The van der Waals surface area contributed by atoms with Gasteiger partial charge in [-0.3, -0.25) is 4.98 Å². The zero-order valence-electron chi connectivity index (χ0n) is 11.1. The molecule has 0 saturated heterocycles. The van der Waals surface area contributed by atoms with Gasteiger partial charge in [0.2, 0.25) is 0 Å². The van der Waals surface area contributed by atoms with Crippen LogP contribution >= 0.6 is 15.9 Å². The summed E-state index contributed by atoms with van der Waals surface area (Å²) in [4.78, 5) is 4.52. The third-order valence-corrected chi connectivity index (χ3v) is 3.79. The molecule has 0 aliphatic heterocycles. The molecule has 1 unspecified atom stereocenters. The summed E-state index contributed by atoms with van der Waals surface area (Å²) >= 11 is 3.23. The van der Waals surface area contributed by atoms with E-state index in [4.69, 9.17) is 0 Å². The van der Waals surface area contributed by atoms with Crippen molar-refractivity contribution in [1.29, 1.82) is 0 Å². The number of para-hydroxylation sites is 1. The van der Waals surface area contributed by atoms with Crippen molar-refractivity contribution in [2.75, 3.05) is 0 Å². The fraction of sp³-hybridized carbons (Fsp3) is 0.118.